The average molecular weight is 297 g/mol. The van der Waals surface area contributed by atoms with E-state index in [1.54, 1.807) is 0 Å². The molecule has 2 aliphatic rings. The molecule has 22 heavy (non-hydrogen) atoms. The van der Waals surface area contributed by atoms with Crippen molar-refractivity contribution >= 4 is 0 Å². The second-order valence-electron chi connectivity index (χ2n) is 6.59. The maximum absolute atomic E-state index is 13.2. The van der Waals surface area contributed by atoms with E-state index in [2.05, 4.69) is 17.2 Å². The Kier molecular flexibility index (Phi) is 3.22. The van der Waals surface area contributed by atoms with Crippen molar-refractivity contribution in [3.63, 3.8) is 0 Å². The van der Waals surface area contributed by atoms with Gasteiger partial charge in [0.15, 0.2) is 0 Å². The number of nitrogens with one attached hydrogen (secondary N) is 1. The first-order valence-corrected chi connectivity index (χ1v) is 8.01. The van der Waals surface area contributed by atoms with Crippen molar-refractivity contribution < 1.29 is 4.39 Å². The Hall–Kier alpha value is -1.81. The van der Waals surface area contributed by atoms with Crippen molar-refractivity contribution in [3.8, 4) is 11.3 Å². The molecule has 4 rings (SSSR count). The highest BCUT2D eigenvalue weighted by molar-refractivity contribution is 5.65. The van der Waals surface area contributed by atoms with Crippen molar-refractivity contribution in [1.29, 1.82) is 0 Å². The minimum atomic E-state index is -0.212. The maximum Gasteiger partial charge on any atom is 0.126 e. The number of aryl methyl sites for hydroxylation is 1. The van der Waals surface area contributed by atoms with Gasteiger partial charge in [-0.2, -0.15) is 0 Å². The van der Waals surface area contributed by atoms with Crippen LogP contribution in [0, 0.1) is 18.7 Å². The second-order valence-corrected chi connectivity index (χ2v) is 6.59. The Morgan fingerprint density at radius 1 is 1.14 bits per heavy atom. The molecule has 3 atom stereocenters. The number of benzene rings is 1. The quantitative estimate of drug-likeness (QED) is 0.874. The van der Waals surface area contributed by atoms with E-state index in [9.17, 15) is 4.39 Å². The summed E-state index contributed by atoms with van der Waals surface area (Å²) in [6, 6.07) is 7.48. The summed E-state index contributed by atoms with van der Waals surface area (Å²) in [5.74, 6) is 1.16. The number of rotatable bonds is 1. The van der Waals surface area contributed by atoms with E-state index in [0.717, 1.165) is 29.2 Å². The Labute approximate surface area is 130 Å². The first-order chi connectivity index (χ1) is 10.6. The number of hydrogen-bond donors (Lipinski definition) is 1. The van der Waals surface area contributed by atoms with Gasteiger partial charge < -0.3 is 5.32 Å². The Morgan fingerprint density at radius 2 is 1.91 bits per heavy atom. The number of hydrogen-bond acceptors (Lipinski definition) is 3. The van der Waals surface area contributed by atoms with E-state index < -0.39 is 0 Å². The summed E-state index contributed by atoms with van der Waals surface area (Å²) in [4.78, 5) is 9.42. The molecular weight excluding hydrogens is 277 g/mol. The maximum atomic E-state index is 13.2. The molecule has 0 spiro atoms. The third-order valence-corrected chi connectivity index (χ3v) is 4.97. The molecule has 0 aliphatic carbocycles. The lowest BCUT2D eigenvalue weighted by atomic mass is 9.78. The second kappa shape index (κ2) is 5.13. The van der Waals surface area contributed by atoms with Crippen LogP contribution < -0.4 is 5.32 Å². The van der Waals surface area contributed by atoms with Crippen LogP contribution in [0.1, 0.15) is 42.9 Å². The molecule has 1 fully saturated rings. The van der Waals surface area contributed by atoms with Gasteiger partial charge in [0.25, 0.3) is 0 Å². The zero-order chi connectivity index (χ0) is 15.3. The van der Waals surface area contributed by atoms with Crippen LogP contribution in [-0.2, 0) is 6.42 Å². The zero-order valence-electron chi connectivity index (χ0n) is 12.9. The highest BCUT2D eigenvalue weighted by atomic mass is 19.1. The predicted octanol–water partition coefficient (Wildman–Crippen LogP) is 3.58. The standard InChI is InChI=1S/C18H20FN3/c1-10-3-8-14-9-15-17(12-4-6-13(19)7-5-12)20-11(2)21-18(15)16(10)22-14/h4-7,10,14,16,22H,3,8-9H2,1-2H3/t10-,14+,16-/m1/s1. The van der Waals surface area contributed by atoms with Gasteiger partial charge in [0.2, 0.25) is 0 Å². The molecule has 0 saturated carbocycles. The molecule has 3 nitrogen and oxygen atoms in total. The highest BCUT2D eigenvalue weighted by Gasteiger charge is 2.36. The summed E-state index contributed by atoms with van der Waals surface area (Å²) in [6.45, 7) is 4.23. The van der Waals surface area contributed by atoms with Gasteiger partial charge in [-0.25, -0.2) is 14.4 Å². The van der Waals surface area contributed by atoms with Gasteiger partial charge in [0.1, 0.15) is 11.6 Å². The third-order valence-electron chi connectivity index (χ3n) is 4.97. The first-order valence-electron chi connectivity index (χ1n) is 8.01. The van der Waals surface area contributed by atoms with Crippen molar-refractivity contribution in [2.75, 3.05) is 0 Å². The van der Waals surface area contributed by atoms with E-state index >= 15 is 0 Å². The smallest absolute Gasteiger partial charge is 0.126 e. The van der Waals surface area contributed by atoms with E-state index in [-0.39, 0.29) is 5.82 Å². The molecule has 3 heterocycles. The SMILES string of the molecule is Cc1nc(-c2ccc(F)cc2)c2c(n1)[C@@H]1N[C@@H](CC[C@H]1C)C2. The highest BCUT2D eigenvalue weighted by Crippen LogP contribution is 2.40. The number of aromatic nitrogens is 2. The lowest BCUT2D eigenvalue weighted by Gasteiger charge is -2.41. The molecule has 1 saturated heterocycles. The molecule has 1 aromatic heterocycles. The van der Waals surface area contributed by atoms with E-state index in [4.69, 9.17) is 4.98 Å². The summed E-state index contributed by atoms with van der Waals surface area (Å²) in [5.41, 5.74) is 4.36. The van der Waals surface area contributed by atoms with Gasteiger partial charge in [-0.15, -0.1) is 0 Å². The lowest BCUT2D eigenvalue weighted by molar-refractivity contribution is 0.224. The summed E-state index contributed by atoms with van der Waals surface area (Å²) < 4.78 is 13.2. The molecule has 0 amide bonds. The number of halogens is 1. The largest absolute Gasteiger partial charge is 0.305 e. The third kappa shape index (κ3) is 2.22. The topological polar surface area (TPSA) is 37.8 Å². The molecule has 114 valence electrons. The average Bonchev–Trinajstić information content (AvgIpc) is 2.52. The molecule has 1 N–H and O–H groups in total. The number of piperidine rings is 1. The summed E-state index contributed by atoms with van der Waals surface area (Å²) in [5, 5.41) is 3.72. The Bertz CT molecular complexity index is 711. The van der Waals surface area contributed by atoms with Crippen LogP contribution in [0.2, 0.25) is 0 Å². The van der Waals surface area contributed by atoms with Gasteiger partial charge in [-0.05, 0) is 56.4 Å². The summed E-state index contributed by atoms with van der Waals surface area (Å²) >= 11 is 0. The van der Waals surface area contributed by atoms with Gasteiger partial charge in [0, 0.05) is 17.2 Å². The fourth-order valence-corrected chi connectivity index (χ4v) is 3.81. The summed E-state index contributed by atoms with van der Waals surface area (Å²) in [6.07, 6.45) is 3.41. The van der Waals surface area contributed by atoms with Crippen LogP contribution in [0.4, 0.5) is 4.39 Å². The molecule has 2 aliphatic heterocycles. The molecule has 2 aromatic rings. The van der Waals surface area contributed by atoms with E-state index in [1.807, 2.05) is 19.1 Å². The zero-order valence-corrected chi connectivity index (χ0v) is 12.9. The van der Waals surface area contributed by atoms with Gasteiger partial charge in [-0.1, -0.05) is 6.92 Å². The van der Waals surface area contributed by atoms with Crippen molar-refractivity contribution in [3.05, 3.63) is 47.2 Å². The van der Waals surface area contributed by atoms with Crippen LogP contribution in [0.25, 0.3) is 11.3 Å². The minimum absolute atomic E-state index is 0.212. The van der Waals surface area contributed by atoms with Crippen LogP contribution in [-0.4, -0.2) is 16.0 Å². The number of fused-ring (bicyclic) bond motifs is 4. The Balaban J connectivity index is 1.88. The van der Waals surface area contributed by atoms with Crippen LogP contribution in [0.15, 0.2) is 24.3 Å². The van der Waals surface area contributed by atoms with Crippen LogP contribution in [0.5, 0.6) is 0 Å². The number of nitrogens with zero attached hydrogens (tertiary/aromatic N) is 2. The lowest BCUT2D eigenvalue weighted by Crippen LogP contribution is -2.47. The minimum Gasteiger partial charge on any atom is -0.305 e. The summed E-state index contributed by atoms with van der Waals surface area (Å²) in [7, 11) is 0. The molecule has 1 aromatic carbocycles. The van der Waals surface area contributed by atoms with Crippen LogP contribution >= 0.6 is 0 Å². The molecule has 2 bridgehead atoms. The molecule has 0 unspecified atom stereocenters. The van der Waals surface area contributed by atoms with Crippen LogP contribution in [0.3, 0.4) is 0 Å². The van der Waals surface area contributed by atoms with Crippen molar-refractivity contribution in [2.45, 2.75) is 45.2 Å². The monoisotopic (exact) mass is 297 g/mol. The normalized spacial score (nSPS) is 26.6. The molecule has 4 heteroatoms. The predicted molar refractivity (Wildman–Crippen MR) is 83.9 cm³/mol. The van der Waals surface area contributed by atoms with Gasteiger partial charge >= 0.3 is 0 Å². The van der Waals surface area contributed by atoms with E-state index in [0.29, 0.717) is 18.0 Å². The fraction of sp³-hybridized carbons (Fsp3) is 0.444. The fourth-order valence-electron chi connectivity index (χ4n) is 3.81. The molecule has 0 radical (unpaired) electrons. The van der Waals surface area contributed by atoms with Gasteiger partial charge in [-0.3, -0.25) is 0 Å². The Morgan fingerprint density at radius 3 is 2.68 bits per heavy atom. The van der Waals surface area contributed by atoms with Crippen molar-refractivity contribution in [1.82, 2.24) is 15.3 Å². The van der Waals surface area contributed by atoms with Gasteiger partial charge in [0.05, 0.1) is 17.4 Å². The first kappa shape index (κ1) is 13.8. The van der Waals surface area contributed by atoms with E-state index in [1.165, 1.54) is 30.5 Å². The molecular formula is C18H20FN3. The van der Waals surface area contributed by atoms with Crippen molar-refractivity contribution in [2.24, 2.45) is 5.92 Å².